The molecular formula is C39H39F3N2O5. The average molecular weight is 673 g/mol. The van der Waals surface area contributed by atoms with Crippen LogP contribution in [0.1, 0.15) is 83.0 Å². The van der Waals surface area contributed by atoms with Gasteiger partial charge < -0.3 is 20.5 Å². The van der Waals surface area contributed by atoms with E-state index >= 15 is 0 Å². The van der Waals surface area contributed by atoms with Crippen LogP contribution in [0.5, 0.6) is 5.75 Å². The van der Waals surface area contributed by atoms with Gasteiger partial charge in [-0.1, -0.05) is 92.1 Å². The molecule has 1 atom stereocenters. The lowest BCUT2D eigenvalue weighted by Crippen LogP contribution is -2.30. The predicted octanol–water partition coefficient (Wildman–Crippen LogP) is 8.15. The summed E-state index contributed by atoms with van der Waals surface area (Å²) in [5.41, 5.74) is 5.25. The summed E-state index contributed by atoms with van der Waals surface area (Å²) in [7, 11) is 0. The molecule has 1 aliphatic rings. The summed E-state index contributed by atoms with van der Waals surface area (Å²) in [5.74, 6) is -1.98. The molecule has 0 bridgehead atoms. The standard InChI is InChI=1S/C39H39F3N2O5/c40-39(41,42)49-33-11-6-10-31(24-33)34-12-5-4-9-32(34)25-44-38(48)35(29-19-17-28(18-20-29)27-7-2-1-3-8-27)23-26-13-15-30(16-14-26)37(47)43-22-21-36(45)46/h4-6,9-20,24,27,35H,1-3,7-8,21-23,25H2,(H,43,47)(H,44,48)(H,45,46). The number of carboxylic acids is 1. The van der Waals surface area contributed by atoms with Crippen molar-refractivity contribution < 1.29 is 37.4 Å². The molecule has 256 valence electrons. The average Bonchev–Trinajstić information content (AvgIpc) is 3.09. The number of hydrogen-bond donors (Lipinski definition) is 3. The molecule has 5 rings (SSSR count). The number of carbonyl (C=O) groups excluding carboxylic acids is 2. The zero-order valence-corrected chi connectivity index (χ0v) is 27.0. The fraction of sp³-hybridized carbons (Fsp3) is 0.308. The van der Waals surface area contributed by atoms with Crippen LogP contribution in [0.25, 0.3) is 11.1 Å². The minimum Gasteiger partial charge on any atom is -0.481 e. The van der Waals surface area contributed by atoms with Crippen LogP contribution in [0.4, 0.5) is 13.2 Å². The monoisotopic (exact) mass is 672 g/mol. The Hall–Kier alpha value is -5.12. The summed E-state index contributed by atoms with van der Waals surface area (Å²) < 4.78 is 42.7. The highest BCUT2D eigenvalue weighted by Crippen LogP contribution is 2.34. The largest absolute Gasteiger partial charge is 0.573 e. The van der Waals surface area contributed by atoms with E-state index in [0.717, 1.165) is 29.5 Å². The Morgan fingerprint density at radius 3 is 2.24 bits per heavy atom. The smallest absolute Gasteiger partial charge is 0.481 e. The van der Waals surface area contributed by atoms with Crippen molar-refractivity contribution in [3.05, 3.63) is 125 Å². The minimum absolute atomic E-state index is 0.0188. The Labute approximate surface area is 283 Å². The molecule has 49 heavy (non-hydrogen) atoms. The van der Waals surface area contributed by atoms with Crippen molar-refractivity contribution in [2.24, 2.45) is 0 Å². The quantitative estimate of drug-likeness (QED) is 0.133. The summed E-state index contributed by atoms with van der Waals surface area (Å²) in [4.78, 5) is 37.2. The van der Waals surface area contributed by atoms with E-state index in [1.807, 2.05) is 24.3 Å². The lowest BCUT2D eigenvalue weighted by atomic mass is 9.83. The number of rotatable bonds is 13. The van der Waals surface area contributed by atoms with E-state index < -0.39 is 18.2 Å². The first-order valence-electron chi connectivity index (χ1n) is 16.5. The molecule has 0 spiro atoms. The fourth-order valence-electron chi connectivity index (χ4n) is 6.33. The zero-order valence-electron chi connectivity index (χ0n) is 27.0. The lowest BCUT2D eigenvalue weighted by molar-refractivity contribution is -0.274. The van der Waals surface area contributed by atoms with Gasteiger partial charge in [0.25, 0.3) is 5.91 Å². The van der Waals surface area contributed by atoms with Crippen molar-refractivity contribution in [2.75, 3.05) is 6.54 Å². The summed E-state index contributed by atoms with van der Waals surface area (Å²) in [6.45, 7) is 0.163. The number of carboxylic acid groups (broad SMARTS) is 1. The Morgan fingerprint density at radius 1 is 0.837 bits per heavy atom. The molecule has 1 aliphatic carbocycles. The number of benzene rings is 4. The van der Waals surface area contributed by atoms with Gasteiger partial charge in [-0.15, -0.1) is 13.2 Å². The molecule has 0 aliphatic heterocycles. The van der Waals surface area contributed by atoms with E-state index in [1.54, 1.807) is 42.5 Å². The third-order valence-electron chi connectivity index (χ3n) is 8.86. The molecule has 0 aromatic heterocycles. The second-order valence-corrected chi connectivity index (χ2v) is 12.3. The highest BCUT2D eigenvalue weighted by Gasteiger charge is 2.31. The maximum atomic E-state index is 13.9. The van der Waals surface area contributed by atoms with Crippen LogP contribution in [-0.4, -0.2) is 35.8 Å². The van der Waals surface area contributed by atoms with E-state index in [4.69, 9.17) is 5.11 Å². The molecule has 1 fully saturated rings. The molecular weight excluding hydrogens is 633 g/mol. The van der Waals surface area contributed by atoms with E-state index in [0.29, 0.717) is 29.0 Å². The molecule has 3 N–H and O–H groups in total. The second-order valence-electron chi connectivity index (χ2n) is 12.3. The minimum atomic E-state index is -4.82. The van der Waals surface area contributed by atoms with Gasteiger partial charge in [-0.25, -0.2) is 0 Å². The molecule has 0 heterocycles. The number of hydrogen-bond acceptors (Lipinski definition) is 4. The summed E-state index contributed by atoms with van der Waals surface area (Å²) in [6.07, 6.45) is 1.37. The van der Waals surface area contributed by atoms with Crippen LogP contribution < -0.4 is 15.4 Å². The van der Waals surface area contributed by atoms with Gasteiger partial charge in [0.1, 0.15) is 5.75 Å². The van der Waals surface area contributed by atoms with E-state index in [-0.39, 0.29) is 37.1 Å². The van der Waals surface area contributed by atoms with Crippen LogP contribution in [0.3, 0.4) is 0 Å². The van der Waals surface area contributed by atoms with Crippen molar-refractivity contribution in [1.29, 1.82) is 0 Å². The highest BCUT2D eigenvalue weighted by atomic mass is 19.4. The first kappa shape index (κ1) is 35.2. The third kappa shape index (κ3) is 10.2. The van der Waals surface area contributed by atoms with Gasteiger partial charge in [-0.05, 0) is 82.8 Å². The molecule has 0 saturated heterocycles. The zero-order chi connectivity index (χ0) is 34.8. The van der Waals surface area contributed by atoms with Gasteiger partial charge in [0.05, 0.1) is 12.3 Å². The van der Waals surface area contributed by atoms with Crippen LogP contribution in [0.2, 0.25) is 0 Å². The fourth-order valence-corrected chi connectivity index (χ4v) is 6.33. The van der Waals surface area contributed by atoms with Crippen molar-refractivity contribution in [3.63, 3.8) is 0 Å². The number of nitrogens with one attached hydrogen (secondary N) is 2. The van der Waals surface area contributed by atoms with Gasteiger partial charge in [0.2, 0.25) is 5.91 Å². The molecule has 4 aromatic rings. The van der Waals surface area contributed by atoms with Gasteiger partial charge in [0.15, 0.2) is 0 Å². The van der Waals surface area contributed by atoms with Crippen LogP contribution in [-0.2, 0) is 22.6 Å². The van der Waals surface area contributed by atoms with Crippen LogP contribution in [0.15, 0.2) is 97.1 Å². The molecule has 1 unspecified atom stereocenters. The normalized spacial score (nSPS) is 14.1. The van der Waals surface area contributed by atoms with Gasteiger partial charge in [-0.2, -0.15) is 0 Å². The Kier molecular flexibility index (Phi) is 11.7. The lowest BCUT2D eigenvalue weighted by Gasteiger charge is -2.23. The van der Waals surface area contributed by atoms with Crippen molar-refractivity contribution in [1.82, 2.24) is 10.6 Å². The number of ether oxygens (including phenoxy) is 1. The van der Waals surface area contributed by atoms with E-state index in [9.17, 15) is 27.6 Å². The van der Waals surface area contributed by atoms with Gasteiger partial charge in [-0.3, -0.25) is 14.4 Å². The van der Waals surface area contributed by atoms with Gasteiger partial charge >= 0.3 is 12.3 Å². The maximum Gasteiger partial charge on any atom is 0.573 e. The summed E-state index contributed by atoms with van der Waals surface area (Å²) in [6, 6.07) is 28.1. The van der Waals surface area contributed by atoms with Gasteiger partial charge in [0, 0.05) is 18.7 Å². The molecule has 2 amide bonds. The van der Waals surface area contributed by atoms with Crippen molar-refractivity contribution >= 4 is 17.8 Å². The SMILES string of the molecule is O=C(O)CCNC(=O)c1ccc(CC(C(=O)NCc2ccccc2-c2cccc(OC(F)(F)F)c2)c2ccc(C3CCCCC3)cc2)cc1. The number of carbonyl (C=O) groups is 3. The number of alkyl halides is 3. The van der Waals surface area contributed by atoms with Crippen molar-refractivity contribution in [2.45, 2.75) is 69.7 Å². The molecule has 7 nitrogen and oxygen atoms in total. The molecule has 4 aromatic carbocycles. The maximum absolute atomic E-state index is 13.9. The highest BCUT2D eigenvalue weighted by molar-refractivity contribution is 5.94. The first-order valence-corrected chi connectivity index (χ1v) is 16.5. The van der Waals surface area contributed by atoms with E-state index in [1.165, 1.54) is 43.0 Å². The van der Waals surface area contributed by atoms with Crippen LogP contribution in [0, 0.1) is 0 Å². The topological polar surface area (TPSA) is 105 Å². The molecule has 1 saturated carbocycles. The summed E-state index contributed by atoms with van der Waals surface area (Å²) in [5, 5.41) is 14.5. The molecule has 0 radical (unpaired) electrons. The Bertz CT molecular complexity index is 1730. The third-order valence-corrected chi connectivity index (χ3v) is 8.86. The predicted molar refractivity (Wildman–Crippen MR) is 180 cm³/mol. The van der Waals surface area contributed by atoms with Crippen LogP contribution >= 0.6 is 0 Å². The first-order chi connectivity index (χ1) is 23.6. The Balaban J connectivity index is 1.34. The van der Waals surface area contributed by atoms with E-state index in [2.05, 4.69) is 27.5 Å². The number of halogens is 3. The van der Waals surface area contributed by atoms with Crippen molar-refractivity contribution in [3.8, 4) is 16.9 Å². The molecule has 10 heteroatoms. The summed E-state index contributed by atoms with van der Waals surface area (Å²) >= 11 is 0. The number of amides is 2. The Morgan fingerprint density at radius 2 is 1.55 bits per heavy atom. The second kappa shape index (κ2) is 16.3. The number of aliphatic carboxylic acids is 1.